The Hall–Kier alpha value is -1.79. The zero-order chi connectivity index (χ0) is 13.1. The Balaban J connectivity index is 3.08. The normalized spacial score (nSPS) is 11.3. The van der Waals surface area contributed by atoms with Crippen LogP contribution in [0.5, 0.6) is 0 Å². The van der Waals surface area contributed by atoms with Gasteiger partial charge in [-0.1, -0.05) is 0 Å². The fraction of sp³-hybridized carbons (Fsp3) is 0.400. The van der Waals surface area contributed by atoms with Gasteiger partial charge in [-0.05, 0) is 13.0 Å². The molecular weight excluding hydrogens is 239 g/mol. The van der Waals surface area contributed by atoms with Gasteiger partial charge in [-0.3, -0.25) is 9.59 Å². The van der Waals surface area contributed by atoms with Crippen LogP contribution in [0.25, 0.3) is 0 Å². The van der Waals surface area contributed by atoms with E-state index in [0.717, 1.165) is 6.07 Å². The molecule has 0 bridgehead atoms. The van der Waals surface area contributed by atoms with E-state index in [1.54, 1.807) is 0 Å². The van der Waals surface area contributed by atoms with Gasteiger partial charge in [0.1, 0.15) is 0 Å². The van der Waals surface area contributed by atoms with Gasteiger partial charge in [0, 0.05) is 11.8 Å². The summed E-state index contributed by atoms with van der Waals surface area (Å²) in [5, 5.41) is 0. The molecule has 7 heteroatoms. The molecule has 0 saturated carbocycles. The third kappa shape index (κ3) is 3.61. The van der Waals surface area contributed by atoms with Crippen molar-refractivity contribution in [1.29, 1.82) is 0 Å². The van der Waals surface area contributed by atoms with Gasteiger partial charge in [0.15, 0.2) is 0 Å². The smallest absolute Gasteiger partial charge is 0.418 e. The van der Waals surface area contributed by atoms with Gasteiger partial charge in [-0.2, -0.15) is 13.2 Å². The molecule has 0 amide bonds. The number of aromatic amines is 1. The van der Waals surface area contributed by atoms with E-state index in [-0.39, 0.29) is 6.61 Å². The van der Waals surface area contributed by atoms with Gasteiger partial charge in [-0.25, -0.2) is 0 Å². The Labute approximate surface area is 94.4 Å². The van der Waals surface area contributed by atoms with Crippen LogP contribution in [-0.2, 0) is 22.1 Å². The van der Waals surface area contributed by atoms with Crippen molar-refractivity contribution in [1.82, 2.24) is 4.98 Å². The molecule has 0 fully saturated rings. The Morgan fingerprint density at radius 2 is 2.06 bits per heavy atom. The highest BCUT2D eigenvalue weighted by atomic mass is 19.4. The molecule has 1 N–H and O–H groups in total. The first-order valence-corrected chi connectivity index (χ1v) is 4.79. The highest BCUT2D eigenvalue weighted by Crippen LogP contribution is 2.30. The Morgan fingerprint density at radius 3 is 2.59 bits per heavy atom. The van der Waals surface area contributed by atoms with Crippen LogP contribution in [0.4, 0.5) is 13.2 Å². The van der Waals surface area contributed by atoms with Crippen molar-refractivity contribution < 1.29 is 22.7 Å². The molecule has 1 aromatic rings. The number of esters is 1. The molecule has 0 aromatic carbocycles. The van der Waals surface area contributed by atoms with Crippen molar-refractivity contribution >= 4 is 5.97 Å². The molecule has 94 valence electrons. The summed E-state index contributed by atoms with van der Waals surface area (Å²) in [5.74, 6) is -0.820. The zero-order valence-corrected chi connectivity index (χ0v) is 8.93. The summed E-state index contributed by atoms with van der Waals surface area (Å²) in [6, 6.07) is 1.41. The lowest BCUT2D eigenvalue weighted by Gasteiger charge is -2.11. The van der Waals surface area contributed by atoms with E-state index in [2.05, 4.69) is 4.74 Å². The number of ether oxygens (including phenoxy) is 1. The second kappa shape index (κ2) is 5.03. The number of halogens is 3. The third-order valence-corrected chi connectivity index (χ3v) is 1.93. The lowest BCUT2D eigenvalue weighted by Crippen LogP contribution is -2.20. The second-order valence-electron chi connectivity index (χ2n) is 3.19. The van der Waals surface area contributed by atoms with Crippen molar-refractivity contribution in [2.24, 2.45) is 0 Å². The molecular formula is C10H10F3NO3. The predicted molar refractivity (Wildman–Crippen MR) is 52.4 cm³/mol. The minimum absolute atomic E-state index is 0.0667. The zero-order valence-electron chi connectivity index (χ0n) is 8.93. The van der Waals surface area contributed by atoms with E-state index in [1.165, 1.54) is 6.92 Å². The number of aromatic nitrogens is 1. The number of rotatable bonds is 3. The maximum Gasteiger partial charge on any atom is 0.418 e. The molecule has 0 spiro atoms. The molecule has 0 saturated heterocycles. The number of hydrogen-bond acceptors (Lipinski definition) is 3. The molecule has 0 unspecified atom stereocenters. The van der Waals surface area contributed by atoms with Gasteiger partial charge in [0.2, 0.25) is 5.56 Å². The van der Waals surface area contributed by atoms with Crippen molar-refractivity contribution in [3.63, 3.8) is 0 Å². The number of nitrogens with one attached hydrogen (secondary N) is 1. The van der Waals surface area contributed by atoms with Gasteiger partial charge in [0.25, 0.3) is 0 Å². The SMILES string of the molecule is CCOC(=O)Cc1[nH]c(=O)ccc1C(F)(F)F. The molecule has 4 nitrogen and oxygen atoms in total. The first-order valence-electron chi connectivity index (χ1n) is 4.79. The van der Waals surface area contributed by atoms with Crippen LogP contribution >= 0.6 is 0 Å². The number of carbonyl (C=O) groups is 1. The van der Waals surface area contributed by atoms with Crippen LogP contribution in [0.1, 0.15) is 18.2 Å². The maximum absolute atomic E-state index is 12.5. The topological polar surface area (TPSA) is 59.2 Å². The Bertz CT molecular complexity index is 465. The van der Waals surface area contributed by atoms with Crippen LogP contribution in [-0.4, -0.2) is 17.6 Å². The summed E-state index contributed by atoms with van der Waals surface area (Å²) in [6.07, 6.45) is -5.23. The van der Waals surface area contributed by atoms with Crippen molar-refractivity contribution in [3.8, 4) is 0 Å². The molecule has 0 atom stereocenters. The van der Waals surface area contributed by atoms with Crippen LogP contribution in [0, 0.1) is 0 Å². The maximum atomic E-state index is 12.5. The van der Waals surface area contributed by atoms with Crippen molar-refractivity contribution in [2.75, 3.05) is 6.61 Å². The van der Waals surface area contributed by atoms with E-state index in [0.29, 0.717) is 6.07 Å². The molecule has 0 aliphatic rings. The lowest BCUT2D eigenvalue weighted by molar-refractivity contribution is -0.143. The van der Waals surface area contributed by atoms with Gasteiger partial charge in [-0.15, -0.1) is 0 Å². The van der Waals surface area contributed by atoms with E-state index >= 15 is 0 Å². The van der Waals surface area contributed by atoms with Crippen LogP contribution in [0.2, 0.25) is 0 Å². The van der Waals surface area contributed by atoms with Crippen LogP contribution in [0.3, 0.4) is 0 Å². The summed E-state index contributed by atoms with van der Waals surface area (Å²) in [5.41, 5.74) is -2.22. The van der Waals surface area contributed by atoms with Crippen LogP contribution < -0.4 is 5.56 Å². The minimum atomic E-state index is -4.62. The Morgan fingerprint density at radius 1 is 1.41 bits per heavy atom. The first-order chi connectivity index (χ1) is 7.84. The summed E-state index contributed by atoms with van der Waals surface area (Å²) < 4.78 is 42.2. The fourth-order valence-corrected chi connectivity index (χ4v) is 1.28. The number of H-pyrrole nitrogens is 1. The first kappa shape index (κ1) is 13.3. The van der Waals surface area contributed by atoms with Gasteiger partial charge >= 0.3 is 12.1 Å². The standard InChI is InChI=1S/C10H10F3NO3/c1-2-17-9(16)5-7-6(10(11,12)13)3-4-8(15)14-7/h3-4H,2,5H2,1H3,(H,14,15). The monoisotopic (exact) mass is 249 g/mol. The molecule has 1 heterocycles. The molecule has 1 rings (SSSR count). The van der Waals surface area contributed by atoms with Crippen molar-refractivity contribution in [3.05, 3.63) is 33.7 Å². The summed E-state index contributed by atoms with van der Waals surface area (Å²) in [4.78, 5) is 24.0. The number of alkyl halides is 3. The molecule has 0 aliphatic heterocycles. The summed E-state index contributed by atoms with van der Waals surface area (Å²) >= 11 is 0. The summed E-state index contributed by atoms with van der Waals surface area (Å²) in [7, 11) is 0. The van der Waals surface area contributed by atoms with Crippen molar-refractivity contribution in [2.45, 2.75) is 19.5 Å². The highest BCUT2D eigenvalue weighted by molar-refractivity contribution is 5.72. The van der Waals surface area contributed by atoms with E-state index in [4.69, 9.17) is 0 Å². The summed E-state index contributed by atoms with van der Waals surface area (Å²) in [6.45, 7) is 1.60. The minimum Gasteiger partial charge on any atom is -0.466 e. The highest BCUT2D eigenvalue weighted by Gasteiger charge is 2.34. The largest absolute Gasteiger partial charge is 0.466 e. The van der Waals surface area contributed by atoms with Gasteiger partial charge in [0.05, 0.1) is 18.6 Å². The lowest BCUT2D eigenvalue weighted by atomic mass is 10.1. The average molecular weight is 249 g/mol. The number of pyridine rings is 1. The Kier molecular flexibility index (Phi) is 3.93. The predicted octanol–water partition coefficient (Wildman–Crippen LogP) is 1.50. The molecule has 0 radical (unpaired) electrons. The van der Waals surface area contributed by atoms with E-state index in [9.17, 15) is 22.8 Å². The van der Waals surface area contributed by atoms with E-state index < -0.39 is 35.4 Å². The quantitative estimate of drug-likeness (QED) is 0.826. The number of hydrogen-bond donors (Lipinski definition) is 1. The van der Waals surface area contributed by atoms with Gasteiger partial charge < -0.3 is 9.72 Å². The fourth-order valence-electron chi connectivity index (χ4n) is 1.28. The molecule has 0 aliphatic carbocycles. The van der Waals surface area contributed by atoms with E-state index in [1.807, 2.05) is 4.98 Å². The number of carbonyl (C=O) groups excluding carboxylic acids is 1. The molecule has 1 aromatic heterocycles. The third-order valence-electron chi connectivity index (χ3n) is 1.93. The average Bonchev–Trinajstić information content (AvgIpc) is 2.15. The van der Waals surface area contributed by atoms with Crippen LogP contribution in [0.15, 0.2) is 16.9 Å². The molecule has 17 heavy (non-hydrogen) atoms. The second-order valence-corrected chi connectivity index (χ2v) is 3.19.